The average molecular weight is 300 g/mol. The van der Waals surface area contributed by atoms with Gasteiger partial charge < -0.3 is 4.57 Å². The van der Waals surface area contributed by atoms with Crippen molar-refractivity contribution in [1.82, 2.24) is 9.13 Å². The Balaban J connectivity index is 1.86. The van der Waals surface area contributed by atoms with Gasteiger partial charge in [0, 0.05) is 42.1 Å². The summed E-state index contributed by atoms with van der Waals surface area (Å²) in [7, 11) is 2.04. The summed E-state index contributed by atoms with van der Waals surface area (Å²) in [5.41, 5.74) is 4.18. The van der Waals surface area contributed by atoms with Gasteiger partial charge in [0.05, 0.1) is 0 Å². The van der Waals surface area contributed by atoms with Crippen molar-refractivity contribution in [2.24, 2.45) is 7.05 Å². The number of rotatable bonds is 2. The molecule has 0 aliphatic heterocycles. The van der Waals surface area contributed by atoms with Crippen molar-refractivity contribution < 1.29 is 0 Å². The van der Waals surface area contributed by atoms with Crippen molar-refractivity contribution in [1.29, 1.82) is 0 Å². The molecule has 112 valence electrons. The molecule has 3 nitrogen and oxygen atoms in total. The van der Waals surface area contributed by atoms with Gasteiger partial charge in [0.25, 0.3) is 5.56 Å². The van der Waals surface area contributed by atoms with Crippen LogP contribution in [0.5, 0.6) is 0 Å². The zero-order chi connectivity index (χ0) is 15.8. The van der Waals surface area contributed by atoms with Crippen LogP contribution in [0.25, 0.3) is 27.7 Å². The second-order valence-electron chi connectivity index (χ2n) is 5.66. The molecule has 23 heavy (non-hydrogen) atoms. The molecule has 0 unspecified atom stereocenters. The lowest BCUT2D eigenvalue weighted by atomic mass is 10.1. The van der Waals surface area contributed by atoms with Crippen molar-refractivity contribution in [3.8, 4) is 16.8 Å². The second-order valence-corrected chi connectivity index (χ2v) is 5.66. The number of hydrogen-bond donors (Lipinski definition) is 0. The highest BCUT2D eigenvalue weighted by Crippen LogP contribution is 2.24. The lowest BCUT2D eigenvalue weighted by molar-refractivity contribution is 0.969. The topological polar surface area (TPSA) is 26.9 Å². The molecule has 0 saturated carbocycles. The summed E-state index contributed by atoms with van der Waals surface area (Å²) >= 11 is 0. The third-order valence-electron chi connectivity index (χ3n) is 4.16. The SMILES string of the molecule is Cn1ccc2cc(-c3ccc(=O)n(-c4ccccc4)c3)ccc21. The molecule has 0 aliphatic carbocycles. The molecule has 0 atom stereocenters. The smallest absolute Gasteiger partial charge is 0.255 e. The molecule has 2 aromatic heterocycles. The molecule has 0 aliphatic rings. The quantitative estimate of drug-likeness (QED) is 0.550. The van der Waals surface area contributed by atoms with E-state index < -0.39 is 0 Å². The molecule has 0 bridgehead atoms. The number of fused-ring (bicyclic) bond motifs is 1. The van der Waals surface area contributed by atoms with E-state index >= 15 is 0 Å². The maximum Gasteiger partial charge on any atom is 0.255 e. The van der Waals surface area contributed by atoms with Gasteiger partial charge in [-0.05, 0) is 47.5 Å². The van der Waals surface area contributed by atoms with Gasteiger partial charge in [-0.3, -0.25) is 9.36 Å². The van der Waals surface area contributed by atoms with Crippen LogP contribution in [-0.4, -0.2) is 9.13 Å². The van der Waals surface area contributed by atoms with Crippen molar-refractivity contribution in [2.75, 3.05) is 0 Å². The van der Waals surface area contributed by atoms with Crippen LogP contribution in [0.4, 0.5) is 0 Å². The Hall–Kier alpha value is -3.07. The number of nitrogens with zero attached hydrogens (tertiary/aromatic N) is 2. The minimum absolute atomic E-state index is 0.0271. The molecule has 2 heterocycles. The van der Waals surface area contributed by atoms with Crippen molar-refractivity contribution in [3.05, 3.63) is 89.5 Å². The standard InChI is InChI=1S/C20H16N2O/c1-21-12-11-16-13-15(7-9-19(16)21)17-8-10-20(23)22(14-17)18-5-3-2-4-6-18/h2-14H,1H3. The van der Waals surface area contributed by atoms with Crippen LogP contribution in [-0.2, 0) is 7.05 Å². The fourth-order valence-electron chi connectivity index (χ4n) is 2.91. The molecular weight excluding hydrogens is 284 g/mol. The van der Waals surface area contributed by atoms with Crippen LogP contribution in [0.1, 0.15) is 0 Å². The molecular formula is C20H16N2O. The molecule has 0 N–H and O–H groups in total. The normalized spacial score (nSPS) is 11.0. The molecule has 0 radical (unpaired) electrons. The molecule has 4 rings (SSSR count). The van der Waals surface area contributed by atoms with Gasteiger partial charge >= 0.3 is 0 Å². The maximum atomic E-state index is 12.2. The first kappa shape index (κ1) is 13.6. The highest BCUT2D eigenvalue weighted by molar-refractivity contribution is 5.85. The van der Waals surface area contributed by atoms with Gasteiger partial charge in [-0.1, -0.05) is 24.3 Å². The van der Waals surface area contributed by atoms with E-state index in [-0.39, 0.29) is 5.56 Å². The molecule has 0 amide bonds. The minimum atomic E-state index is -0.0271. The van der Waals surface area contributed by atoms with Gasteiger partial charge in [-0.15, -0.1) is 0 Å². The van der Waals surface area contributed by atoms with E-state index in [0.717, 1.165) is 16.8 Å². The zero-order valence-electron chi connectivity index (χ0n) is 12.8. The Morgan fingerprint density at radius 2 is 1.61 bits per heavy atom. The highest BCUT2D eigenvalue weighted by atomic mass is 16.1. The van der Waals surface area contributed by atoms with E-state index in [1.807, 2.05) is 49.6 Å². The van der Waals surface area contributed by atoms with Crippen molar-refractivity contribution in [3.63, 3.8) is 0 Å². The van der Waals surface area contributed by atoms with E-state index in [2.05, 4.69) is 35.0 Å². The number of hydrogen-bond acceptors (Lipinski definition) is 1. The Labute approximate surface area is 134 Å². The molecule has 2 aromatic carbocycles. The summed E-state index contributed by atoms with van der Waals surface area (Å²) in [5.74, 6) is 0. The lowest BCUT2D eigenvalue weighted by Crippen LogP contribution is -2.16. The van der Waals surface area contributed by atoms with Crippen molar-refractivity contribution in [2.45, 2.75) is 0 Å². The van der Waals surface area contributed by atoms with Crippen LogP contribution >= 0.6 is 0 Å². The second kappa shape index (κ2) is 5.29. The Bertz CT molecular complexity index is 1040. The maximum absolute atomic E-state index is 12.2. The first-order valence-electron chi connectivity index (χ1n) is 7.56. The van der Waals surface area contributed by atoms with Crippen LogP contribution in [0.3, 0.4) is 0 Å². The summed E-state index contributed by atoms with van der Waals surface area (Å²) in [5, 5.41) is 1.20. The number of aromatic nitrogens is 2. The minimum Gasteiger partial charge on any atom is -0.351 e. The van der Waals surface area contributed by atoms with E-state index in [9.17, 15) is 4.79 Å². The van der Waals surface area contributed by atoms with Crippen LogP contribution < -0.4 is 5.56 Å². The average Bonchev–Trinajstić information content (AvgIpc) is 2.97. The van der Waals surface area contributed by atoms with Crippen LogP contribution in [0.15, 0.2) is 83.9 Å². The van der Waals surface area contributed by atoms with Crippen molar-refractivity contribution >= 4 is 10.9 Å². The lowest BCUT2D eigenvalue weighted by Gasteiger charge is -2.09. The van der Waals surface area contributed by atoms with Gasteiger partial charge in [-0.25, -0.2) is 0 Å². The van der Waals surface area contributed by atoms with E-state index in [1.165, 1.54) is 10.9 Å². The summed E-state index contributed by atoms with van der Waals surface area (Å²) in [4.78, 5) is 12.2. The third-order valence-corrected chi connectivity index (χ3v) is 4.16. The summed E-state index contributed by atoms with van der Waals surface area (Å²) < 4.78 is 3.79. The summed E-state index contributed by atoms with van der Waals surface area (Å²) in [6.45, 7) is 0. The predicted octanol–water partition coefficient (Wildman–Crippen LogP) is 4.00. The molecule has 0 fully saturated rings. The monoisotopic (exact) mass is 300 g/mol. The first-order valence-corrected chi connectivity index (χ1v) is 7.56. The molecule has 0 spiro atoms. The Kier molecular flexibility index (Phi) is 3.12. The molecule has 3 heteroatoms. The van der Waals surface area contributed by atoms with E-state index in [1.54, 1.807) is 10.6 Å². The summed E-state index contributed by atoms with van der Waals surface area (Å²) in [6.07, 6.45) is 3.96. The Morgan fingerprint density at radius 1 is 0.826 bits per heavy atom. The summed E-state index contributed by atoms with van der Waals surface area (Å²) in [6, 6.07) is 21.7. The van der Waals surface area contributed by atoms with Gasteiger partial charge in [0.1, 0.15) is 0 Å². The van der Waals surface area contributed by atoms with E-state index in [4.69, 9.17) is 0 Å². The largest absolute Gasteiger partial charge is 0.351 e. The fourth-order valence-corrected chi connectivity index (χ4v) is 2.91. The first-order chi connectivity index (χ1) is 11.2. The predicted molar refractivity (Wildman–Crippen MR) is 94.0 cm³/mol. The molecule has 4 aromatic rings. The highest BCUT2D eigenvalue weighted by Gasteiger charge is 2.05. The van der Waals surface area contributed by atoms with E-state index in [0.29, 0.717) is 0 Å². The third kappa shape index (κ3) is 2.36. The number of benzene rings is 2. The van der Waals surface area contributed by atoms with Crippen LogP contribution in [0, 0.1) is 0 Å². The van der Waals surface area contributed by atoms with Gasteiger partial charge in [0.2, 0.25) is 0 Å². The Morgan fingerprint density at radius 3 is 2.43 bits per heavy atom. The van der Waals surface area contributed by atoms with Gasteiger partial charge in [-0.2, -0.15) is 0 Å². The van der Waals surface area contributed by atoms with Crippen LogP contribution in [0.2, 0.25) is 0 Å². The number of aryl methyl sites for hydroxylation is 1. The molecule has 0 saturated heterocycles. The van der Waals surface area contributed by atoms with Gasteiger partial charge in [0.15, 0.2) is 0 Å². The zero-order valence-corrected chi connectivity index (χ0v) is 12.8. The fraction of sp³-hybridized carbons (Fsp3) is 0.0500. The number of para-hydroxylation sites is 1. The number of pyridine rings is 1.